The van der Waals surface area contributed by atoms with Gasteiger partial charge < -0.3 is 10.1 Å². The number of carbonyl (C=O) groups is 1. The van der Waals surface area contributed by atoms with E-state index < -0.39 is 5.41 Å². The number of methoxy groups -OCH3 is 1. The van der Waals surface area contributed by atoms with Gasteiger partial charge in [0.2, 0.25) is 5.91 Å². The van der Waals surface area contributed by atoms with Crippen LogP contribution in [0.4, 0.5) is 5.69 Å². The van der Waals surface area contributed by atoms with Crippen molar-refractivity contribution < 1.29 is 9.53 Å². The monoisotopic (exact) mass is 295 g/mol. The molecule has 3 rings (SSSR count). The van der Waals surface area contributed by atoms with E-state index in [9.17, 15) is 4.79 Å². The van der Waals surface area contributed by atoms with E-state index in [2.05, 4.69) is 19.2 Å². The molecule has 3 heteroatoms. The highest BCUT2D eigenvalue weighted by atomic mass is 16.5. The van der Waals surface area contributed by atoms with Crippen LogP contribution < -0.4 is 10.1 Å². The van der Waals surface area contributed by atoms with E-state index in [1.165, 1.54) is 11.1 Å². The lowest BCUT2D eigenvalue weighted by molar-refractivity contribution is -0.118. The number of carbonyl (C=O) groups excluding carboxylic acids is 1. The van der Waals surface area contributed by atoms with Crippen LogP contribution in [0.3, 0.4) is 0 Å². The minimum absolute atomic E-state index is 0.0558. The second kappa shape index (κ2) is 5.48. The van der Waals surface area contributed by atoms with Gasteiger partial charge in [-0.15, -0.1) is 0 Å². The minimum atomic E-state index is -0.439. The summed E-state index contributed by atoms with van der Waals surface area (Å²) in [6.07, 6.45) is 1.73. The zero-order valence-corrected chi connectivity index (χ0v) is 13.3. The second-order valence-corrected chi connectivity index (χ2v) is 6.04. The van der Waals surface area contributed by atoms with Crippen LogP contribution in [0.15, 0.2) is 42.5 Å². The van der Waals surface area contributed by atoms with E-state index in [0.717, 1.165) is 29.8 Å². The molecule has 1 aliphatic carbocycles. The summed E-state index contributed by atoms with van der Waals surface area (Å²) in [5, 5.41) is 3.07. The zero-order chi connectivity index (χ0) is 15.7. The van der Waals surface area contributed by atoms with E-state index >= 15 is 0 Å². The molecule has 1 N–H and O–H groups in total. The van der Waals surface area contributed by atoms with Gasteiger partial charge in [-0.05, 0) is 56.0 Å². The number of hydrogen-bond donors (Lipinski definition) is 1. The van der Waals surface area contributed by atoms with E-state index in [-0.39, 0.29) is 5.91 Å². The van der Waals surface area contributed by atoms with Crippen LogP contribution in [-0.2, 0) is 10.2 Å². The number of rotatable bonds is 4. The van der Waals surface area contributed by atoms with Gasteiger partial charge in [0, 0.05) is 11.3 Å². The normalized spacial score (nSPS) is 15.2. The molecule has 22 heavy (non-hydrogen) atoms. The Balaban J connectivity index is 1.86. The fourth-order valence-corrected chi connectivity index (χ4v) is 2.85. The van der Waals surface area contributed by atoms with Gasteiger partial charge in [-0.25, -0.2) is 0 Å². The first-order valence-electron chi connectivity index (χ1n) is 7.59. The Kier molecular flexibility index (Phi) is 3.65. The zero-order valence-electron chi connectivity index (χ0n) is 13.3. The highest BCUT2D eigenvalue weighted by Crippen LogP contribution is 2.51. The van der Waals surface area contributed by atoms with Crippen molar-refractivity contribution >= 4 is 11.6 Å². The third-order valence-electron chi connectivity index (χ3n) is 4.57. The molecule has 3 nitrogen and oxygen atoms in total. The van der Waals surface area contributed by atoms with Crippen LogP contribution in [0.1, 0.15) is 29.5 Å². The Morgan fingerprint density at radius 2 is 1.82 bits per heavy atom. The summed E-state index contributed by atoms with van der Waals surface area (Å²) in [7, 11) is 1.65. The van der Waals surface area contributed by atoms with Gasteiger partial charge in [-0.3, -0.25) is 4.79 Å². The fraction of sp³-hybridized carbons (Fsp3) is 0.316. The number of anilines is 1. The van der Waals surface area contributed by atoms with Gasteiger partial charge in [0.15, 0.2) is 0 Å². The maximum atomic E-state index is 12.8. The highest BCUT2D eigenvalue weighted by Gasteiger charge is 2.52. The first kappa shape index (κ1) is 14.6. The van der Waals surface area contributed by atoms with E-state index in [1.807, 2.05) is 42.5 Å². The molecule has 1 fully saturated rings. The molecule has 1 amide bonds. The molecule has 0 radical (unpaired) electrons. The van der Waals surface area contributed by atoms with Crippen molar-refractivity contribution in [3.63, 3.8) is 0 Å². The van der Waals surface area contributed by atoms with Crippen molar-refractivity contribution in [3.8, 4) is 5.75 Å². The SMILES string of the molecule is COc1ccccc1C1(C(=O)Nc2ccc(C)c(C)c2)CC1. The maximum Gasteiger partial charge on any atom is 0.235 e. The molecule has 0 unspecified atom stereocenters. The van der Waals surface area contributed by atoms with Gasteiger partial charge in [0.25, 0.3) is 0 Å². The van der Waals surface area contributed by atoms with Gasteiger partial charge in [-0.2, -0.15) is 0 Å². The number of ether oxygens (including phenoxy) is 1. The number of nitrogens with one attached hydrogen (secondary N) is 1. The largest absolute Gasteiger partial charge is 0.496 e. The van der Waals surface area contributed by atoms with Crippen LogP contribution in [0.25, 0.3) is 0 Å². The van der Waals surface area contributed by atoms with E-state index in [0.29, 0.717) is 0 Å². The predicted molar refractivity (Wildman–Crippen MR) is 88.5 cm³/mol. The molecular weight excluding hydrogens is 274 g/mol. The van der Waals surface area contributed by atoms with Gasteiger partial charge in [0.05, 0.1) is 12.5 Å². The van der Waals surface area contributed by atoms with E-state index in [4.69, 9.17) is 4.74 Å². The summed E-state index contributed by atoms with van der Waals surface area (Å²) >= 11 is 0. The minimum Gasteiger partial charge on any atom is -0.496 e. The third-order valence-corrected chi connectivity index (χ3v) is 4.57. The molecule has 0 aromatic heterocycles. The lowest BCUT2D eigenvalue weighted by Crippen LogP contribution is -2.28. The van der Waals surface area contributed by atoms with Crippen LogP contribution in [0, 0.1) is 13.8 Å². The average Bonchev–Trinajstić information content (AvgIpc) is 3.32. The third kappa shape index (κ3) is 2.47. The summed E-state index contributed by atoms with van der Waals surface area (Å²) in [5.41, 5.74) is 3.81. The molecule has 1 saturated carbocycles. The fourth-order valence-electron chi connectivity index (χ4n) is 2.85. The van der Waals surface area contributed by atoms with Crippen LogP contribution in [0.2, 0.25) is 0 Å². The predicted octanol–water partition coefficient (Wildman–Crippen LogP) is 3.98. The number of benzene rings is 2. The average molecular weight is 295 g/mol. The molecule has 0 atom stereocenters. The number of para-hydroxylation sites is 1. The first-order chi connectivity index (χ1) is 10.6. The Bertz CT molecular complexity index is 717. The molecule has 1 aliphatic rings. The summed E-state index contributed by atoms with van der Waals surface area (Å²) in [4.78, 5) is 12.8. The lowest BCUT2D eigenvalue weighted by atomic mass is 9.93. The summed E-state index contributed by atoms with van der Waals surface area (Å²) < 4.78 is 5.43. The van der Waals surface area contributed by atoms with Crippen LogP contribution >= 0.6 is 0 Å². The first-order valence-corrected chi connectivity index (χ1v) is 7.59. The Morgan fingerprint density at radius 3 is 2.45 bits per heavy atom. The van der Waals surface area contributed by atoms with Crippen LogP contribution in [-0.4, -0.2) is 13.0 Å². The van der Waals surface area contributed by atoms with Crippen molar-refractivity contribution in [1.82, 2.24) is 0 Å². The van der Waals surface area contributed by atoms with Crippen molar-refractivity contribution in [1.29, 1.82) is 0 Å². The summed E-state index contributed by atoms with van der Waals surface area (Å²) in [6.45, 7) is 4.12. The van der Waals surface area contributed by atoms with Crippen molar-refractivity contribution in [2.75, 3.05) is 12.4 Å². The highest BCUT2D eigenvalue weighted by molar-refractivity contribution is 6.02. The summed E-state index contributed by atoms with van der Waals surface area (Å²) in [6, 6.07) is 13.8. The molecule has 0 saturated heterocycles. The molecule has 0 spiro atoms. The molecule has 0 bridgehead atoms. The molecule has 2 aromatic carbocycles. The standard InChI is InChI=1S/C19H21NO2/c1-13-8-9-15(12-14(13)2)20-18(21)19(10-11-19)16-6-4-5-7-17(16)22-3/h4-9,12H,10-11H2,1-3H3,(H,20,21). The number of amides is 1. The Morgan fingerprint density at radius 1 is 1.09 bits per heavy atom. The molecule has 2 aromatic rings. The lowest BCUT2D eigenvalue weighted by Gasteiger charge is -2.19. The second-order valence-electron chi connectivity index (χ2n) is 6.04. The molecule has 0 heterocycles. The Hall–Kier alpha value is -2.29. The van der Waals surface area contributed by atoms with Crippen LogP contribution in [0.5, 0.6) is 5.75 Å². The molecular formula is C19H21NO2. The Labute approximate surface area is 131 Å². The van der Waals surface area contributed by atoms with Gasteiger partial charge >= 0.3 is 0 Å². The van der Waals surface area contributed by atoms with Crippen molar-refractivity contribution in [3.05, 3.63) is 59.2 Å². The number of aryl methyl sites for hydroxylation is 2. The molecule has 114 valence electrons. The molecule has 0 aliphatic heterocycles. The smallest absolute Gasteiger partial charge is 0.235 e. The van der Waals surface area contributed by atoms with E-state index in [1.54, 1.807) is 7.11 Å². The quantitative estimate of drug-likeness (QED) is 0.926. The maximum absolute atomic E-state index is 12.8. The number of hydrogen-bond acceptors (Lipinski definition) is 2. The van der Waals surface area contributed by atoms with Crippen molar-refractivity contribution in [2.24, 2.45) is 0 Å². The summed E-state index contributed by atoms with van der Waals surface area (Å²) in [5.74, 6) is 0.843. The topological polar surface area (TPSA) is 38.3 Å². The van der Waals surface area contributed by atoms with Crippen molar-refractivity contribution in [2.45, 2.75) is 32.1 Å². The van der Waals surface area contributed by atoms with Gasteiger partial charge in [-0.1, -0.05) is 24.3 Å². The van der Waals surface area contributed by atoms with Gasteiger partial charge in [0.1, 0.15) is 5.75 Å².